The Balaban J connectivity index is 2.12. The number of hydrogen-bond donors (Lipinski definition) is 0. The summed E-state index contributed by atoms with van der Waals surface area (Å²) in [5, 5.41) is 1.24. The first kappa shape index (κ1) is 17.0. The molecule has 0 aromatic heterocycles. The summed E-state index contributed by atoms with van der Waals surface area (Å²) >= 11 is 0. The number of nitrogens with zero attached hydrogens (tertiary/aromatic N) is 1. The number of amides is 1. The Bertz CT molecular complexity index is 567. The third kappa shape index (κ3) is 3.69. The number of rotatable bonds is 6. The molecule has 1 saturated heterocycles. The zero-order valence-corrected chi connectivity index (χ0v) is 13.9. The maximum Gasteiger partial charge on any atom is 0.223 e. The fourth-order valence-electron chi connectivity index (χ4n) is 3.63. The summed E-state index contributed by atoms with van der Waals surface area (Å²) < 4.78 is 23.0. The van der Waals surface area contributed by atoms with E-state index in [2.05, 4.69) is 13.2 Å². The van der Waals surface area contributed by atoms with E-state index in [0.29, 0.717) is 0 Å². The summed E-state index contributed by atoms with van der Waals surface area (Å²) in [6, 6.07) is 0. The Hall–Kier alpha value is -1.36. The molecule has 0 spiro atoms. The molecular formula is C17H25NO3S. The molecule has 1 fully saturated rings. The van der Waals surface area contributed by atoms with Gasteiger partial charge in [0.2, 0.25) is 5.91 Å². The molecule has 2 aliphatic rings. The zero-order chi connectivity index (χ0) is 16.2. The van der Waals surface area contributed by atoms with Crippen molar-refractivity contribution < 1.29 is 13.2 Å². The summed E-state index contributed by atoms with van der Waals surface area (Å²) in [5.41, 5.74) is -0.222. The van der Waals surface area contributed by atoms with Crippen LogP contribution in [0.2, 0.25) is 0 Å². The van der Waals surface area contributed by atoms with Gasteiger partial charge in [0.15, 0.2) is 9.84 Å². The Labute approximate surface area is 133 Å². The molecule has 22 heavy (non-hydrogen) atoms. The molecule has 2 rings (SSSR count). The smallest absolute Gasteiger partial charge is 0.223 e. The second-order valence-electron chi connectivity index (χ2n) is 6.33. The van der Waals surface area contributed by atoms with Crippen LogP contribution in [0.15, 0.2) is 36.8 Å². The highest BCUT2D eigenvalue weighted by Crippen LogP contribution is 2.36. The van der Waals surface area contributed by atoms with Crippen molar-refractivity contribution in [2.45, 2.75) is 44.1 Å². The standard InChI is InChI=1S/C17H25NO3S/c1-3-8-17(9-4-2)10-5-6-11-18(17)16(19)13-15-7-12-22(20,21)14-15/h3-4,7,12,15H,1-2,5-6,8-11,13-14H2/t15-/m0/s1. The third-order valence-corrected chi connectivity index (χ3v) is 6.10. The van der Waals surface area contributed by atoms with Gasteiger partial charge >= 0.3 is 0 Å². The van der Waals surface area contributed by atoms with Crippen molar-refractivity contribution in [1.82, 2.24) is 4.90 Å². The molecule has 0 saturated carbocycles. The molecule has 0 aliphatic carbocycles. The molecule has 0 radical (unpaired) electrons. The summed E-state index contributed by atoms with van der Waals surface area (Å²) in [6.45, 7) is 8.41. The van der Waals surface area contributed by atoms with Crippen LogP contribution in [-0.2, 0) is 14.6 Å². The molecule has 0 aromatic rings. The monoisotopic (exact) mass is 323 g/mol. The highest BCUT2D eigenvalue weighted by molar-refractivity contribution is 7.94. The quantitative estimate of drug-likeness (QED) is 0.706. The first-order valence-electron chi connectivity index (χ1n) is 7.86. The highest BCUT2D eigenvalue weighted by atomic mass is 32.2. The molecule has 5 heteroatoms. The van der Waals surface area contributed by atoms with Crippen molar-refractivity contribution in [3.8, 4) is 0 Å². The normalized spacial score (nSPS) is 25.8. The lowest BCUT2D eigenvalue weighted by atomic mass is 9.80. The second kappa shape index (κ2) is 6.82. The van der Waals surface area contributed by atoms with E-state index in [0.717, 1.165) is 38.6 Å². The van der Waals surface area contributed by atoms with Crippen LogP contribution in [0.5, 0.6) is 0 Å². The van der Waals surface area contributed by atoms with Crippen molar-refractivity contribution >= 4 is 15.7 Å². The predicted octanol–water partition coefficient (Wildman–Crippen LogP) is 2.84. The van der Waals surface area contributed by atoms with Gasteiger partial charge in [0.25, 0.3) is 0 Å². The molecule has 0 aromatic carbocycles. The number of allylic oxidation sites excluding steroid dienone is 1. The molecule has 2 heterocycles. The van der Waals surface area contributed by atoms with E-state index in [1.807, 2.05) is 17.1 Å². The third-order valence-electron chi connectivity index (χ3n) is 4.64. The van der Waals surface area contributed by atoms with Gasteiger partial charge in [0.1, 0.15) is 0 Å². The van der Waals surface area contributed by atoms with Crippen LogP contribution < -0.4 is 0 Å². The maximum absolute atomic E-state index is 12.8. The molecule has 1 amide bonds. The zero-order valence-electron chi connectivity index (χ0n) is 13.0. The van der Waals surface area contributed by atoms with Crippen LogP contribution in [-0.4, -0.2) is 37.1 Å². The SMILES string of the molecule is C=CCC1(CC=C)CCCCN1C(=O)C[C@@H]1C=CS(=O)(=O)C1. The number of carbonyl (C=O) groups is 1. The van der Waals surface area contributed by atoms with Gasteiger partial charge in [-0.3, -0.25) is 4.79 Å². The van der Waals surface area contributed by atoms with E-state index in [1.165, 1.54) is 5.41 Å². The van der Waals surface area contributed by atoms with Gasteiger partial charge in [-0.2, -0.15) is 0 Å². The molecule has 4 nitrogen and oxygen atoms in total. The molecule has 2 aliphatic heterocycles. The first-order chi connectivity index (χ1) is 10.4. The van der Waals surface area contributed by atoms with Gasteiger partial charge in [-0.15, -0.1) is 13.2 Å². The van der Waals surface area contributed by atoms with Gasteiger partial charge in [0, 0.05) is 29.8 Å². The highest BCUT2D eigenvalue weighted by Gasteiger charge is 2.40. The van der Waals surface area contributed by atoms with Gasteiger partial charge < -0.3 is 4.90 Å². The molecule has 122 valence electrons. The van der Waals surface area contributed by atoms with E-state index < -0.39 is 9.84 Å². The molecule has 0 unspecified atom stereocenters. The fourth-order valence-corrected chi connectivity index (χ4v) is 5.03. The lowest BCUT2D eigenvalue weighted by Gasteiger charge is -2.47. The van der Waals surface area contributed by atoms with E-state index in [9.17, 15) is 13.2 Å². The fraction of sp³-hybridized carbons (Fsp3) is 0.588. The van der Waals surface area contributed by atoms with Crippen LogP contribution in [0.3, 0.4) is 0 Å². The average Bonchev–Trinajstić information content (AvgIpc) is 2.79. The Morgan fingerprint density at radius 2 is 1.95 bits per heavy atom. The Kier molecular flexibility index (Phi) is 5.27. The van der Waals surface area contributed by atoms with Crippen molar-refractivity contribution in [3.63, 3.8) is 0 Å². The van der Waals surface area contributed by atoms with Crippen molar-refractivity contribution in [3.05, 3.63) is 36.8 Å². The molecule has 1 atom stereocenters. The van der Waals surface area contributed by atoms with E-state index in [4.69, 9.17) is 0 Å². The number of piperidine rings is 1. The predicted molar refractivity (Wildman–Crippen MR) is 89.0 cm³/mol. The number of likely N-dealkylation sites (tertiary alicyclic amines) is 1. The van der Waals surface area contributed by atoms with Crippen LogP contribution >= 0.6 is 0 Å². The Morgan fingerprint density at radius 3 is 2.50 bits per heavy atom. The largest absolute Gasteiger partial charge is 0.336 e. The summed E-state index contributed by atoms with van der Waals surface area (Å²) in [6.07, 6.45) is 10.2. The first-order valence-corrected chi connectivity index (χ1v) is 9.57. The van der Waals surface area contributed by atoms with E-state index >= 15 is 0 Å². The minimum absolute atomic E-state index is 0.0511. The van der Waals surface area contributed by atoms with Gasteiger partial charge in [0.05, 0.1) is 5.75 Å². The van der Waals surface area contributed by atoms with Crippen LogP contribution in [0.1, 0.15) is 38.5 Å². The number of carbonyl (C=O) groups excluding carboxylic acids is 1. The Morgan fingerprint density at radius 1 is 1.27 bits per heavy atom. The van der Waals surface area contributed by atoms with Crippen molar-refractivity contribution in [2.24, 2.45) is 5.92 Å². The van der Waals surface area contributed by atoms with Gasteiger partial charge in [-0.05, 0) is 32.1 Å². The van der Waals surface area contributed by atoms with E-state index in [1.54, 1.807) is 6.08 Å². The van der Waals surface area contributed by atoms with Crippen LogP contribution in [0, 0.1) is 5.92 Å². The number of sulfone groups is 1. The van der Waals surface area contributed by atoms with Gasteiger partial charge in [-0.25, -0.2) is 8.42 Å². The molecule has 0 bridgehead atoms. The summed E-state index contributed by atoms with van der Waals surface area (Å²) in [7, 11) is -3.10. The second-order valence-corrected chi connectivity index (χ2v) is 8.27. The topological polar surface area (TPSA) is 54.5 Å². The van der Waals surface area contributed by atoms with Crippen LogP contribution in [0.4, 0.5) is 0 Å². The van der Waals surface area contributed by atoms with Gasteiger partial charge in [-0.1, -0.05) is 18.2 Å². The summed E-state index contributed by atoms with van der Waals surface area (Å²) in [5.74, 6) is -0.0811. The minimum Gasteiger partial charge on any atom is -0.336 e. The molecular weight excluding hydrogens is 298 g/mol. The molecule has 0 N–H and O–H groups in total. The maximum atomic E-state index is 12.8. The summed E-state index contributed by atoms with van der Waals surface area (Å²) in [4.78, 5) is 14.7. The van der Waals surface area contributed by atoms with E-state index in [-0.39, 0.29) is 29.5 Å². The lowest BCUT2D eigenvalue weighted by molar-refractivity contribution is -0.140. The minimum atomic E-state index is -3.10. The van der Waals surface area contributed by atoms with Crippen molar-refractivity contribution in [1.29, 1.82) is 0 Å². The lowest BCUT2D eigenvalue weighted by Crippen LogP contribution is -2.54. The number of hydrogen-bond acceptors (Lipinski definition) is 3. The van der Waals surface area contributed by atoms with Crippen LogP contribution in [0.25, 0.3) is 0 Å². The van der Waals surface area contributed by atoms with Crippen molar-refractivity contribution in [2.75, 3.05) is 12.3 Å². The average molecular weight is 323 g/mol.